The minimum atomic E-state index is -3.10. The topological polar surface area (TPSA) is 71.1 Å². The van der Waals surface area contributed by atoms with Crippen molar-refractivity contribution in [3.05, 3.63) is 35.9 Å². The van der Waals surface area contributed by atoms with Crippen LogP contribution in [0.2, 0.25) is 0 Å². The number of fused-ring (bicyclic) bond motifs is 1. The summed E-state index contributed by atoms with van der Waals surface area (Å²) >= 11 is 0. The lowest BCUT2D eigenvalue weighted by Crippen LogP contribution is -2.24. The first-order chi connectivity index (χ1) is 9.46. The van der Waals surface area contributed by atoms with Crippen molar-refractivity contribution in [1.29, 1.82) is 0 Å². The van der Waals surface area contributed by atoms with Gasteiger partial charge in [0.25, 0.3) is 0 Å². The molecule has 0 spiro atoms. The van der Waals surface area contributed by atoms with Crippen molar-refractivity contribution in [2.24, 2.45) is 0 Å². The highest BCUT2D eigenvalue weighted by Gasteiger charge is 2.02. The van der Waals surface area contributed by atoms with Crippen LogP contribution in [0.15, 0.2) is 30.3 Å². The largest absolute Gasteiger partial charge is 0.370 e. The Hall–Kier alpha value is -1.66. The summed E-state index contributed by atoms with van der Waals surface area (Å²) in [5, 5.41) is 4.37. The van der Waals surface area contributed by atoms with E-state index < -0.39 is 10.0 Å². The fourth-order valence-corrected chi connectivity index (χ4v) is 2.52. The van der Waals surface area contributed by atoms with Gasteiger partial charge < -0.3 is 5.32 Å². The number of aryl methyl sites for hydroxylation is 1. The van der Waals surface area contributed by atoms with E-state index >= 15 is 0 Å². The molecule has 0 bridgehead atoms. The number of sulfonamides is 1. The number of anilines is 1. The average Bonchev–Trinajstić information content (AvgIpc) is 2.37. The number of hydrogen-bond donors (Lipinski definition) is 2. The van der Waals surface area contributed by atoms with Gasteiger partial charge in [0.05, 0.1) is 11.8 Å². The highest BCUT2D eigenvalue weighted by molar-refractivity contribution is 7.88. The molecule has 0 atom stereocenters. The van der Waals surface area contributed by atoms with Gasteiger partial charge in [0.1, 0.15) is 5.82 Å². The van der Waals surface area contributed by atoms with Crippen LogP contribution in [0.4, 0.5) is 5.82 Å². The highest BCUT2D eigenvalue weighted by Crippen LogP contribution is 2.19. The lowest BCUT2D eigenvalue weighted by Gasteiger charge is -2.09. The summed E-state index contributed by atoms with van der Waals surface area (Å²) in [5.41, 5.74) is 2.14. The van der Waals surface area contributed by atoms with E-state index in [-0.39, 0.29) is 0 Å². The van der Waals surface area contributed by atoms with E-state index in [0.717, 1.165) is 23.0 Å². The van der Waals surface area contributed by atoms with Gasteiger partial charge in [0, 0.05) is 18.5 Å². The zero-order valence-corrected chi connectivity index (χ0v) is 12.5. The summed E-state index contributed by atoms with van der Waals surface area (Å²) < 4.78 is 24.3. The van der Waals surface area contributed by atoms with Crippen LogP contribution < -0.4 is 10.0 Å². The average molecular weight is 293 g/mol. The number of aromatic nitrogens is 1. The molecule has 0 radical (unpaired) electrons. The van der Waals surface area contributed by atoms with Crippen molar-refractivity contribution >= 4 is 26.7 Å². The van der Waals surface area contributed by atoms with Gasteiger partial charge in [-0.05, 0) is 31.0 Å². The van der Waals surface area contributed by atoms with Gasteiger partial charge in [0.15, 0.2) is 0 Å². The van der Waals surface area contributed by atoms with E-state index in [1.54, 1.807) is 0 Å². The summed E-state index contributed by atoms with van der Waals surface area (Å²) in [4.78, 5) is 4.53. The van der Waals surface area contributed by atoms with Gasteiger partial charge in [0.2, 0.25) is 10.0 Å². The maximum absolute atomic E-state index is 10.9. The van der Waals surface area contributed by atoms with Crippen LogP contribution in [0, 0.1) is 6.92 Å². The normalized spacial score (nSPS) is 11.7. The summed E-state index contributed by atoms with van der Waals surface area (Å²) in [6.45, 7) is 3.16. The van der Waals surface area contributed by atoms with E-state index in [2.05, 4.69) is 28.0 Å². The molecule has 0 unspecified atom stereocenters. The third kappa shape index (κ3) is 4.18. The molecule has 2 aromatic rings. The van der Waals surface area contributed by atoms with Gasteiger partial charge in [-0.25, -0.2) is 18.1 Å². The van der Waals surface area contributed by atoms with Crippen molar-refractivity contribution in [2.45, 2.75) is 13.3 Å². The molecular weight excluding hydrogens is 274 g/mol. The zero-order valence-electron chi connectivity index (χ0n) is 11.7. The molecule has 1 aromatic carbocycles. The SMILES string of the molecule is Cc1cc(NCCCNS(C)(=O)=O)nc2ccccc12. The number of nitrogens with one attached hydrogen (secondary N) is 2. The number of nitrogens with zero attached hydrogens (tertiary/aromatic N) is 1. The molecule has 0 saturated carbocycles. The van der Waals surface area contributed by atoms with Crippen LogP contribution in [0.25, 0.3) is 10.9 Å². The van der Waals surface area contributed by atoms with E-state index in [1.165, 1.54) is 5.56 Å². The second kappa shape index (κ2) is 6.19. The van der Waals surface area contributed by atoms with Crippen molar-refractivity contribution in [3.63, 3.8) is 0 Å². The standard InChI is InChI=1S/C14H19N3O2S/c1-11-10-14(15-8-5-9-16-20(2,18)19)17-13-7-4-3-6-12(11)13/h3-4,6-7,10,16H,5,8-9H2,1-2H3,(H,15,17). The summed E-state index contributed by atoms with van der Waals surface area (Å²) in [7, 11) is -3.10. The summed E-state index contributed by atoms with van der Waals surface area (Å²) in [5.74, 6) is 0.820. The molecule has 0 aliphatic rings. The molecule has 108 valence electrons. The molecule has 0 aliphatic heterocycles. The molecule has 1 aromatic heterocycles. The van der Waals surface area contributed by atoms with Crippen LogP contribution in [0.1, 0.15) is 12.0 Å². The van der Waals surface area contributed by atoms with Gasteiger partial charge in [-0.15, -0.1) is 0 Å². The Bertz CT molecular complexity index is 699. The molecule has 0 amide bonds. The van der Waals surface area contributed by atoms with Gasteiger partial charge in [-0.1, -0.05) is 18.2 Å². The predicted octanol–water partition coefficient (Wildman–Crippen LogP) is 1.89. The number of pyridine rings is 1. The maximum atomic E-state index is 10.9. The molecule has 0 saturated heterocycles. The third-order valence-corrected chi connectivity index (χ3v) is 3.68. The van der Waals surface area contributed by atoms with Crippen LogP contribution in [0.3, 0.4) is 0 Å². The molecular formula is C14H19N3O2S. The van der Waals surface area contributed by atoms with Crippen LogP contribution >= 0.6 is 0 Å². The van der Waals surface area contributed by atoms with Gasteiger partial charge >= 0.3 is 0 Å². The van der Waals surface area contributed by atoms with Crippen LogP contribution in [-0.4, -0.2) is 32.7 Å². The number of hydrogen-bond acceptors (Lipinski definition) is 4. The first kappa shape index (κ1) is 14.7. The lowest BCUT2D eigenvalue weighted by atomic mass is 10.1. The monoisotopic (exact) mass is 293 g/mol. The van der Waals surface area contributed by atoms with Crippen molar-refractivity contribution in [3.8, 4) is 0 Å². The van der Waals surface area contributed by atoms with Gasteiger partial charge in [-0.2, -0.15) is 0 Å². The van der Waals surface area contributed by atoms with Crippen LogP contribution in [0.5, 0.6) is 0 Å². The minimum Gasteiger partial charge on any atom is -0.370 e. The van der Waals surface area contributed by atoms with Crippen molar-refractivity contribution < 1.29 is 8.42 Å². The molecule has 5 nitrogen and oxygen atoms in total. The first-order valence-corrected chi connectivity index (χ1v) is 8.40. The molecule has 2 N–H and O–H groups in total. The number of rotatable bonds is 6. The predicted molar refractivity (Wildman–Crippen MR) is 82.4 cm³/mol. The second-order valence-corrected chi connectivity index (χ2v) is 6.62. The first-order valence-electron chi connectivity index (χ1n) is 6.50. The number of benzene rings is 1. The Morgan fingerprint density at radius 3 is 2.70 bits per heavy atom. The van der Waals surface area contributed by atoms with E-state index in [4.69, 9.17) is 0 Å². The molecule has 0 aliphatic carbocycles. The molecule has 6 heteroatoms. The third-order valence-electron chi connectivity index (χ3n) is 2.95. The van der Waals surface area contributed by atoms with E-state index in [1.807, 2.05) is 24.3 Å². The molecule has 1 heterocycles. The van der Waals surface area contributed by atoms with Crippen molar-refractivity contribution in [1.82, 2.24) is 9.71 Å². The Labute approximate surface area is 119 Å². The Kier molecular flexibility index (Phi) is 4.57. The smallest absolute Gasteiger partial charge is 0.208 e. The molecule has 2 rings (SSSR count). The van der Waals surface area contributed by atoms with Gasteiger partial charge in [-0.3, -0.25) is 0 Å². The minimum absolute atomic E-state index is 0.429. The van der Waals surface area contributed by atoms with Crippen molar-refractivity contribution in [2.75, 3.05) is 24.7 Å². The van der Waals surface area contributed by atoms with Crippen LogP contribution in [-0.2, 0) is 10.0 Å². The maximum Gasteiger partial charge on any atom is 0.208 e. The fraction of sp³-hybridized carbons (Fsp3) is 0.357. The van der Waals surface area contributed by atoms with E-state index in [0.29, 0.717) is 19.5 Å². The lowest BCUT2D eigenvalue weighted by molar-refractivity contribution is 0.586. The van der Waals surface area contributed by atoms with E-state index in [9.17, 15) is 8.42 Å². The Morgan fingerprint density at radius 2 is 1.95 bits per heavy atom. The Morgan fingerprint density at radius 1 is 1.20 bits per heavy atom. The summed E-state index contributed by atoms with van der Waals surface area (Å²) in [6, 6.07) is 10.0. The summed E-state index contributed by atoms with van der Waals surface area (Å²) in [6.07, 6.45) is 1.87. The second-order valence-electron chi connectivity index (χ2n) is 4.79. The molecule has 20 heavy (non-hydrogen) atoms. The Balaban J connectivity index is 1.94. The zero-order chi connectivity index (χ0) is 14.6. The fourth-order valence-electron chi connectivity index (χ4n) is 2.00. The highest BCUT2D eigenvalue weighted by atomic mass is 32.2. The molecule has 0 fully saturated rings. The quantitative estimate of drug-likeness (QED) is 0.798. The number of para-hydroxylation sites is 1.